The number of aromatic nitrogens is 1. The predicted octanol–water partition coefficient (Wildman–Crippen LogP) is 2.13. The van der Waals surface area contributed by atoms with E-state index in [-0.39, 0.29) is 5.56 Å². The van der Waals surface area contributed by atoms with Crippen molar-refractivity contribution in [1.29, 1.82) is 0 Å². The molecule has 0 radical (unpaired) electrons. The van der Waals surface area contributed by atoms with Crippen LogP contribution in [0.2, 0.25) is 0 Å². The number of nitrogens with zero attached hydrogens (tertiary/aromatic N) is 2. The first-order valence-corrected chi connectivity index (χ1v) is 6.39. The van der Waals surface area contributed by atoms with Crippen LogP contribution in [0.4, 0.5) is 11.5 Å². The molecule has 1 fully saturated rings. The lowest BCUT2D eigenvalue weighted by atomic mass is 10.00. The number of nitrogen functional groups attached to an aromatic ring is 1. The maximum atomic E-state index is 10.9. The third-order valence-electron chi connectivity index (χ3n) is 3.51. The zero-order chi connectivity index (χ0) is 13.1. The summed E-state index contributed by atoms with van der Waals surface area (Å²) >= 11 is 0. The number of carboxylic acid groups (broad SMARTS) is 1. The van der Waals surface area contributed by atoms with Crippen LogP contribution in [0.1, 0.15) is 43.0 Å². The topological polar surface area (TPSA) is 79.5 Å². The van der Waals surface area contributed by atoms with Crippen molar-refractivity contribution in [2.24, 2.45) is 0 Å². The number of hydrogen-bond acceptors (Lipinski definition) is 4. The van der Waals surface area contributed by atoms with Crippen molar-refractivity contribution < 1.29 is 9.90 Å². The van der Waals surface area contributed by atoms with Gasteiger partial charge in [-0.05, 0) is 31.7 Å². The van der Waals surface area contributed by atoms with Gasteiger partial charge < -0.3 is 15.7 Å². The second-order valence-corrected chi connectivity index (χ2v) is 4.69. The van der Waals surface area contributed by atoms with Gasteiger partial charge in [0, 0.05) is 18.8 Å². The zero-order valence-corrected chi connectivity index (χ0v) is 10.6. The SMILES string of the molecule is CCC1CCCCN1c1ncc(C(=O)O)cc1N. The first kappa shape index (κ1) is 12.7. The molecule has 5 nitrogen and oxygen atoms in total. The van der Waals surface area contributed by atoms with E-state index < -0.39 is 5.97 Å². The molecule has 1 aromatic heterocycles. The van der Waals surface area contributed by atoms with Gasteiger partial charge in [0.05, 0.1) is 11.3 Å². The Morgan fingerprint density at radius 3 is 3.00 bits per heavy atom. The van der Waals surface area contributed by atoms with Crippen LogP contribution in [-0.2, 0) is 0 Å². The smallest absolute Gasteiger partial charge is 0.337 e. The van der Waals surface area contributed by atoms with Gasteiger partial charge in [0.15, 0.2) is 5.82 Å². The van der Waals surface area contributed by atoms with Gasteiger partial charge in [0.1, 0.15) is 0 Å². The predicted molar refractivity (Wildman–Crippen MR) is 70.9 cm³/mol. The van der Waals surface area contributed by atoms with E-state index in [9.17, 15) is 4.79 Å². The summed E-state index contributed by atoms with van der Waals surface area (Å²) < 4.78 is 0. The molecule has 2 heterocycles. The Morgan fingerprint density at radius 2 is 2.39 bits per heavy atom. The number of nitrogens with two attached hydrogens (primary N) is 1. The van der Waals surface area contributed by atoms with E-state index in [0.29, 0.717) is 11.7 Å². The van der Waals surface area contributed by atoms with Crippen molar-refractivity contribution >= 4 is 17.5 Å². The van der Waals surface area contributed by atoms with Crippen molar-refractivity contribution in [3.63, 3.8) is 0 Å². The van der Waals surface area contributed by atoms with Crippen molar-refractivity contribution in [2.75, 3.05) is 17.2 Å². The average Bonchev–Trinajstić information content (AvgIpc) is 2.38. The fraction of sp³-hybridized carbons (Fsp3) is 0.538. The lowest BCUT2D eigenvalue weighted by molar-refractivity contribution is 0.0696. The van der Waals surface area contributed by atoms with E-state index in [4.69, 9.17) is 10.8 Å². The Kier molecular flexibility index (Phi) is 3.69. The molecule has 2 rings (SSSR count). The van der Waals surface area contributed by atoms with Gasteiger partial charge in [-0.25, -0.2) is 9.78 Å². The molecule has 1 aliphatic rings. The number of piperidine rings is 1. The molecule has 0 amide bonds. The molecule has 0 bridgehead atoms. The average molecular weight is 249 g/mol. The lowest BCUT2D eigenvalue weighted by Crippen LogP contribution is -2.40. The Labute approximate surface area is 107 Å². The van der Waals surface area contributed by atoms with Gasteiger partial charge in [-0.2, -0.15) is 0 Å². The summed E-state index contributed by atoms with van der Waals surface area (Å²) in [6.07, 6.45) is 5.97. The van der Waals surface area contributed by atoms with Gasteiger partial charge in [-0.1, -0.05) is 6.92 Å². The molecule has 1 aliphatic heterocycles. The molecule has 1 unspecified atom stereocenters. The van der Waals surface area contributed by atoms with E-state index in [0.717, 1.165) is 31.6 Å². The summed E-state index contributed by atoms with van der Waals surface area (Å²) in [6, 6.07) is 1.95. The molecule has 0 aromatic carbocycles. The van der Waals surface area contributed by atoms with Gasteiger partial charge >= 0.3 is 5.97 Å². The Balaban J connectivity index is 2.29. The Morgan fingerprint density at radius 1 is 1.61 bits per heavy atom. The number of carboxylic acids is 1. The van der Waals surface area contributed by atoms with Crippen molar-refractivity contribution in [3.8, 4) is 0 Å². The molecule has 0 spiro atoms. The molecule has 18 heavy (non-hydrogen) atoms. The highest BCUT2D eigenvalue weighted by molar-refractivity contribution is 5.89. The third-order valence-corrected chi connectivity index (χ3v) is 3.51. The molecule has 0 aliphatic carbocycles. The monoisotopic (exact) mass is 249 g/mol. The van der Waals surface area contributed by atoms with Gasteiger partial charge in [-0.15, -0.1) is 0 Å². The van der Waals surface area contributed by atoms with Gasteiger partial charge in [0.25, 0.3) is 0 Å². The molecule has 1 saturated heterocycles. The van der Waals surface area contributed by atoms with Crippen LogP contribution in [0.15, 0.2) is 12.3 Å². The molecule has 0 saturated carbocycles. The summed E-state index contributed by atoms with van der Waals surface area (Å²) in [5.74, 6) is -0.266. The van der Waals surface area contributed by atoms with Crippen LogP contribution in [0, 0.1) is 0 Å². The highest BCUT2D eigenvalue weighted by Gasteiger charge is 2.24. The highest BCUT2D eigenvalue weighted by Crippen LogP contribution is 2.29. The van der Waals surface area contributed by atoms with E-state index in [1.165, 1.54) is 18.7 Å². The first-order valence-electron chi connectivity index (χ1n) is 6.39. The second-order valence-electron chi connectivity index (χ2n) is 4.69. The minimum Gasteiger partial charge on any atom is -0.478 e. The van der Waals surface area contributed by atoms with Gasteiger partial charge in [-0.3, -0.25) is 0 Å². The normalized spacial score (nSPS) is 19.8. The van der Waals surface area contributed by atoms with Crippen molar-refractivity contribution in [3.05, 3.63) is 17.8 Å². The highest BCUT2D eigenvalue weighted by atomic mass is 16.4. The number of aromatic carboxylic acids is 1. The van der Waals surface area contributed by atoms with Crippen molar-refractivity contribution in [1.82, 2.24) is 4.98 Å². The Hall–Kier alpha value is -1.78. The number of carbonyl (C=O) groups is 1. The van der Waals surface area contributed by atoms with Crippen LogP contribution >= 0.6 is 0 Å². The molecule has 1 atom stereocenters. The minimum absolute atomic E-state index is 0.140. The summed E-state index contributed by atoms with van der Waals surface area (Å²) in [7, 11) is 0. The molecule has 98 valence electrons. The lowest BCUT2D eigenvalue weighted by Gasteiger charge is -2.36. The Bertz CT molecular complexity index is 448. The van der Waals surface area contributed by atoms with Crippen LogP contribution in [0.25, 0.3) is 0 Å². The third kappa shape index (κ3) is 2.39. The molecular weight excluding hydrogens is 230 g/mol. The van der Waals surface area contributed by atoms with E-state index in [2.05, 4.69) is 16.8 Å². The fourth-order valence-corrected chi connectivity index (χ4v) is 2.54. The molecule has 1 aromatic rings. The number of pyridine rings is 1. The minimum atomic E-state index is -0.994. The summed E-state index contributed by atoms with van der Waals surface area (Å²) in [5, 5.41) is 8.90. The quantitative estimate of drug-likeness (QED) is 0.857. The molecule has 3 N–H and O–H groups in total. The number of hydrogen-bond donors (Lipinski definition) is 2. The largest absolute Gasteiger partial charge is 0.478 e. The van der Waals surface area contributed by atoms with Crippen LogP contribution in [0.3, 0.4) is 0 Å². The molecule has 5 heteroatoms. The summed E-state index contributed by atoms with van der Waals surface area (Å²) in [6.45, 7) is 3.10. The molecular formula is C13H19N3O2. The zero-order valence-electron chi connectivity index (χ0n) is 10.6. The van der Waals surface area contributed by atoms with Gasteiger partial charge in [0.2, 0.25) is 0 Å². The van der Waals surface area contributed by atoms with Crippen LogP contribution < -0.4 is 10.6 Å². The maximum Gasteiger partial charge on any atom is 0.337 e. The van der Waals surface area contributed by atoms with E-state index in [1.54, 1.807) is 0 Å². The number of anilines is 2. The first-order chi connectivity index (χ1) is 8.63. The van der Waals surface area contributed by atoms with Crippen molar-refractivity contribution in [2.45, 2.75) is 38.6 Å². The van der Waals surface area contributed by atoms with E-state index in [1.807, 2.05) is 0 Å². The number of rotatable bonds is 3. The fourth-order valence-electron chi connectivity index (χ4n) is 2.54. The van der Waals surface area contributed by atoms with E-state index >= 15 is 0 Å². The summed E-state index contributed by atoms with van der Waals surface area (Å²) in [4.78, 5) is 17.3. The second kappa shape index (κ2) is 5.25. The van der Waals surface area contributed by atoms with Crippen LogP contribution in [0.5, 0.6) is 0 Å². The van der Waals surface area contributed by atoms with Crippen LogP contribution in [-0.4, -0.2) is 28.6 Å². The maximum absolute atomic E-state index is 10.9. The summed E-state index contributed by atoms with van der Waals surface area (Å²) in [5.41, 5.74) is 6.53. The standard InChI is InChI=1S/C13H19N3O2/c1-2-10-5-3-4-6-16(10)12-11(14)7-9(8-15-12)13(17)18/h7-8,10H,2-6,14H2,1H3,(H,17,18).